The highest BCUT2D eigenvalue weighted by Crippen LogP contribution is 2.26. The Hall–Kier alpha value is -1.43. The van der Waals surface area contributed by atoms with Gasteiger partial charge in [0.15, 0.2) is 0 Å². The van der Waals surface area contributed by atoms with E-state index in [2.05, 4.69) is 26.1 Å². The molecule has 0 N–H and O–H groups in total. The minimum Gasteiger partial charge on any atom is -0.333 e. The number of thiophene rings is 1. The molecule has 3 nitrogen and oxygen atoms in total. The minimum absolute atomic E-state index is 0.315. The number of nitrogens with zero attached hydrogens (tertiary/aromatic N) is 2. The molecule has 1 aromatic carbocycles. The maximum absolute atomic E-state index is 6.22. The van der Waals surface area contributed by atoms with Crippen LogP contribution in [0.1, 0.15) is 11.5 Å². The normalized spacial score (nSPS) is 11.8. The number of rotatable bonds is 3. The third-order valence-corrected chi connectivity index (χ3v) is 4.14. The van der Waals surface area contributed by atoms with Gasteiger partial charge in [-0.1, -0.05) is 50.9 Å². The van der Waals surface area contributed by atoms with Crippen molar-refractivity contribution in [3.63, 3.8) is 0 Å². The van der Waals surface area contributed by atoms with Crippen LogP contribution in [0.5, 0.6) is 0 Å². The lowest BCUT2D eigenvalue weighted by Crippen LogP contribution is -1.79. The van der Waals surface area contributed by atoms with Crippen LogP contribution in [0.2, 0.25) is 0 Å². The summed E-state index contributed by atoms with van der Waals surface area (Å²) in [5.41, 5.74) is 0.959. The fourth-order valence-electron chi connectivity index (χ4n) is 1.63. The molecule has 0 aliphatic rings. The zero-order valence-electron chi connectivity index (χ0n) is 10.1. The van der Waals surface area contributed by atoms with Gasteiger partial charge in [-0.25, -0.2) is 0 Å². The van der Waals surface area contributed by atoms with Crippen LogP contribution in [0.25, 0.3) is 21.8 Å². The lowest BCUT2D eigenvalue weighted by Gasteiger charge is -1.95. The van der Waals surface area contributed by atoms with Crippen molar-refractivity contribution in [2.24, 2.45) is 0 Å². The zero-order chi connectivity index (χ0) is 13.9. The van der Waals surface area contributed by atoms with Crippen LogP contribution in [-0.2, 0) is 0 Å². The highest BCUT2D eigenvalue weighted by atomic mass is 79.9. The summed E-state index contributed by atoms with van der Waals surface area (Å²) in [5.74, 6) is 0.867. The van der Waals surface area contributed by atoms with Crippen LogP contribution in [-0.4, -0.2) is 10.1 Å². The van der Waals surface area contributed by atoms with E-state index in [4.69, 9.17) is 16.1 Å². The highest BCUT2D eigenvalue weighted by Gasteiger charge is 2.12. The summed E-state index contributed by atoms with van der Waals surface area (Å²) in [5, 5.41) is 6.31. The Balaban J connectivity index is 1.89. The molecule has 0 spiro atoms. The van der Waals surface area contributed by atoms with E-state index >= 15 is 0 Å². The Labute approximate surface area is 133 Å². The third kappa shape index (κ3) is 3.00. The van der Waals surface area contributed by atoms with Crippen molar-refractivity contribution in [2.75, 3.05) is 0 Å². The Bertz CT molecular complexity index is 752. The van der Waals surface area contributed by atoms with Crippen molar-refractivity contribution in [3.8, 4) is 10.7 Å². The van der Waals surface area contributed by atoms with Crippen molar-refractivity contribution in [1.82, 2.24) is 10.1 Å². The highest BCUT2D eigenvalue weighted by molar-refractivity contribution is 9.10. The van der Waals surface area contributed by atoms with Crippen molar-refractivity contribution in [1.29, 1.82) is 0 Å². The predicted octanol–water partition coefficient (Wildman–Crippen LogP) is 5.30. The lowest BCUT2D eigenvalue weighted by molar-refractivity contribution is 0.410. The molecule has 0 fully saturated rings. The van der Waals surface area contributed by atoms with Crippen LogP contribution in [0.3, 0.4) is 0 Å². The SMILES string of the molecule is Cl/C(=C\c1cccc(Br)c1)c1nc(-c2cccs2)no1. The second kappa shape index (κ2) is 5.91. The average molecular weight is 368 g/mol. The van der Waals surface area contributed by atoms with Crippen LogP contribution < -0.4 is 0 Å². The van der Waals surface area contributed by atoms with Crippen molar-refractivity contribution >= 4 is 50.0 Å². The molecule has 0 saturated heterocycles. The minimum atomic E-state index is 0.315. The number of hydrogen-bond acceptors (Lipinski definition) is 4. The Morgan fingerprint density at radius 3 is 2.95 bits per heavy atom. The first kappa shape index (κ1) is 13.5. The maximum atomic E-state index is 6.22. The molecular weight excluding hydrogens is 360 g/mol. The topological polar surface area (TPSA) is 38.9 Å². The average Bonchev–Trinajstić information content (AvgIpc) is 3.10. The van der Waals surface area contributed by atoms with Gasteiger partial charge in [0, 0.05) is 4.47 Å². The summed E-state index contributed by atoms with van der Waals surface area (Å²) in [6, 6.07) is 11.7. The van der Waals surface area contributed by atoms with Crippen molar-refractivity contribution in [3.05, 3.63) is 57.7 Å². The van der Waals surface area contributed by atoms with Gasteiger partial charge in [-0.15, -0.1) is 11.3 Å². The van der Waals surface area contributed by atoms with E-state index in [1.165, 1.54) is 0 Å². The summed E-state index contributed by atoms with van der Waals surface area (Å²) >= 11 is 11.2. The van der Waals surface area contributed by atoms with E-state index in [0.717, 1.165) is 14.9 Å². The van der Waals surface area contributed by atoms with E-state index in [9.17, 15) is 0 Å². The van der Waals surface area contributed by atoms with E-state index < -0.39 is 0 Å². The van der Waals surface area contributed by atoms with Gasteiger partial charge < -0.3 is 4.52 Å². The molecule has 100 valence electrons. The van der Waals surface area contributed by atoms with Gasteiger partial charge in [-0.3, -0.25) is 0 Å². The largest absolute Gasteiger partial charge is 0.333 e. The summed E-state index contributed by atoms with van der Waals surface area (Å²) in [6.45, 7) is 0. The second-order valence-electron chi connectivity index (χ2n) is 3.95. The third-order valence-electron chi connectivity index (χ3n) is 2.51. The van der Waals surface area contributed by atoms with Gasteiger partial charge in [0.1, 0.15) is 5.03 Å². The molecule has 0 atom stereocenters. The summed E-state index contributed by atoms with van der Waals surface area (Å²) in [6.07, 6.45) is 1.79. The van der Waals surface area contributed by atoms with E-state index in [1.54, 1.807) is 17.4 Å². The summed E-state index contributed by atoms with van der Waals surface area (Å²) in [7, 11) is 0. The van der Waals surface area contributed by atoms with Crippen molar-refractivity contribution < 1.29 is 4.52 Å². The zero-order valence-corrected chi connectivity index (χ0v) is 13.2. The molecule has 0 bridgehead atoms. The molecule has 0 amide bonds. The Morgan fingerprint density at radius 1 is 1.30 bits per heavy atom. The molecule has 0 aliphatic heterocycles. The lowest BCUT2D eigenvalue weighted by atomic mass is 10.2. The van der Waals surface area contributed by atoms with E-state index in [0.29, 0.717) is 16.7 Å². The fraction of sp³-hybridized carbons (Fsp3) is 0. The van der Waals surface area contributed by atoms with Crippen LogP contribution in [0, 0.1) is 0 Å². The van der Waals surface area contributed by atoms with Gasteiger partial charge in [0.2, 0.25) is 5.82 Å². The first-order chi connectivity index (χ1) is 9.72. The molecule has 0 saturated carbocycles. The molecule has 2 heterocycles. The molecule has 0 unspecified atom stereocenters. The van der Waals surface area contributed by atoms with Gasteiger partial charge >= 0.3 is 0 Å². The van der Waals surface area contributed by atoms with Gasteiger partial charge in [-0.05, 0) is 35.2 Å². The predicted molar refractivity (Wildman–Crippen MR) is 85.5 cm³/mol. The first-order valence-corrected chi connectivity index (χ1v) is 7.78. The maximum Gasteiger partial charge on any atom is 0.269 e. The molecule has 6 heteroatoms. The number of halogens is 2. The van der Waals surface area contributed by atoms with Crippen LogP contribution in [0.4, 0.5) is 0 Å². The fourth-order valence-corrected chi connectivity index (χ4v) is 2.90. The van der Waals surface area contributed by atoms with Gasteiger partial charge in [0.05, 0.1) is 4.88 Å². The molecule has 3 aromatic rings. The second-order valence-corrected chi connectivity index (χ2v) is 6.22. The van der Waals surface area contributed by atoms with Gasteiger partial charge in [-0.2, -0.15) is 4.98 Å². The van der Waals surface area contributed by atoms with Crippen LogP contribution in [0.15, 0.2) is 50.8 Å². The quantitative estimate of drug-likeness (QED) is 0.630. The Kier molecular flexibility index (Phi) is 4.00. The smallest absolute Gasteiger partial charge is 0.269 e. The monoisotopic (exact) mass is 366 g/mol. The molecular formula is C14H8BrClN2OS. The van der Waals surface area contributed by atoms with Crippen LogP contribution >= 0.6 is 38.9 Å². The van der Waals surface area contributed by atoms with E-state index in [-0.39, 0.29) is 0 Å². The molecule has 3 rings (SSSR count). The molecule has 0 radical (unpaired) electrons. The number of aromatic nitrogens is 2. The summed E-state index contributed by atoms with van der Waals surface area (Å²) < 4.78 is 6.17. The number of benzene rings is 1. The van der Waals surface area contributed by atoms with Gasteiger partial charge in [0.25, 0.3) is 5.89 Å². The molecule has 20 heavy (non-hydrogen) atoms. The van der Waals surface area contributed by atoms with Crippen molar-refractivity contribution in [2.45, 2.75) is 0 Å². The Morgan fingerprint density at radius 2 is 2.20 bits per heavy atom. The first-order valence-electron chi connectivity index (χ1n) is 5.73. The number of hydrogen-bond donors (Lipinski definition) is 0. The van der Waals surface area contributed by atoms with E-state index in [1.807, 2.05) is 41.8 Å². The molecule has 0 aliphatic carbocycles. The summed E-state index contributed by atoms with van der Waals surface area (Å²) in [4.78, 5) is 5.24. The standard InChI is InChI=1S/C14H8BrClN2OS/c15-10-4-1-3-9(7-10)8-11(16)14-17-13(18-19-14)12-5-2-6-20-12/h1-8H/b11-8-. The molecule has 2 aromatic heterocycles.